The lowest BCUT2D eigenvalue weighted by Gasteiger charge is -2.15. The maximum atomic E-state index is 12.0. The number of carbonyl (C=O) groups is 2. The highest BCUT2D eigenvalue weighted by molar-refractivity contribution is 5.84. The number of aromatic nitrogens is 1. The number of alkyl carbamates (subject to hydrolysis) is 1. The van der Waals surface area contributed by atoms with E-state index in [4.69, 9.17) is 4.74 Å². The van der Waals surface area contributed by atoms with Crippen LogP contribution in [0.2, 0.25) is 0 Å². The molecule has 0 bridgehead atoms. The van der Waals surface area contributed by atoms with E-state index in [0.29, 0.717) is 0 Å². The Kier molecular flexibility index (Phi) is 5.43. The number of carboxylic acids is 1. The molecule has 6 heteroatoms. The Morgan fingerprint density at radius 2 is 1.81 bits per heavy atom. The molecule has 0 saturated heterocycles. The van der Waals surface area contributed by atoms with E-state index in [9.17, 15) is 14.7 Å². The molecule has 0 radical (unpaired) electrons. The molecule has 2 aromatic carbocycles. The lowest BCUT2D eigenvalue weighted by molar-refractivity contribution is -0.139. The minimum absolute atomic E-state index is 0.0782. The molecule has 1 atom stereocenters. The van der Waals surface area contributed by atoms with Crippen LogP contribution in [-0.2, 0) is 22.6 Å². The smallest absolute Gasteiger partial charge is 0.408 e. The molecule has 0 saturated carbocycles. The standard InChI is InChI=1S/C20H18N2O4/c23-19(24)17(22-20(25)26-13-14-6-2-1-3-7-14)12-16-9-4-8-15-10-5-11-21-18(15)16/h1-11,17H,12-13H2,(H,22,25)(H,23,24)/t17-/m0/s1. The molecular formula is C20H18N2O4. The van der Waals surface area contributed by atoms with Gasteiger partial charge in [0.25, 0.3) is 0 Å². The number of amides is 1. The monoisotopic (exact) mass is 350 g/mol. The average Bonchev–Trinajstić information content (AvgIpc) is 2.67. The maximum Gasteiger partial charge on any atom is 0.408 e. The summed E-state index contributed by atoms with van der Waals surface area (Å²) < 4.78 is 5.10. The van der Waals surface area contributed by atoms with Gasteiger partial charge < -0.3 is 15.2 Å². The number of hydrogen-bond acceptors (Lipinski definition) is 4. The van der Waals surface area contributed by atoms with Crippen LogP contribution in [0.5, 0.6) is 0 Å². The molecule has 1 aromatic heterocycles. The SMILES string of the molecule is O=C(N[C@@H](Cc1cccc2cccnc12)C(=O)O)OCc1ccccc1. The molecule has 26 heavy (non-hydrogen) atoms. The Hall–Kier alpha value is -3.41. The molecule has 6 nitrogen and oxygen atoms in total. The van der Waals surface area contributed by atoms with Gasteiger partial charge in [-0.05, 0) is 17.2 Å². The first-order chi connectivity index (χ1) is 12.6. The van der Waals surface area contributed by atoms with Gasteiger partial charge in [0.05, 0.1) is 5.52 Å². The minimum atomic E-state index is -1.13. The number of nitrogens with one attached hydrogen (secondary N) is 1. The van der Waals surface area contributed by atoms with Crippen molar-refractivity contribution in [3.63, 3.8) is 0 Å². The predicted molar refractivity (Wildman–Crippen MR) is 96.6 cm³/mol. The molecule has 3 rings (SSSR count). The number of hydrogen-bond donors (Lipinski definition) is 2. The summed E-state index contributed by atoms with van der Waals surface area (Å²) in [4.78, 5) is 27.8. The number of para-hydroxylation sites is 1. The van der Waals surface area contributed by atoms with Crippen LogP contribution in [0, 0.1) is 0 Å². The first-order valence-corrected chi connectivity index (χ1v) is 8.16. The van der Waals surface area contributed by atoms with Crippen molar-refractivity contribution in [2.75, 3.05) is 0 Å². The summed E-state index contributed by atoms with van der Waals surface area (Å²) in [5, 5.41) is 12.8. The van der Waals surface area contributed by atoms with Crippen molar-refractivity contribution in [2.45, 2.75) is 19.1 Å². The van der Waals surface area contributed by atoms with E-state index in [1.807, 2.05) is 60.7 Å². The number of benzene rings is 2. The Bertz CT molecular complexity index is 907. The molecule has 0 aliphatic rings. The van der Waals surface area contributed by atoms with E-state index in [2.05, 4.69) is 10.3 Å². The lowest BCUT2D eigenvalue weighted by atomic mass is 10.0. The number of aliphatic carboxylic acids is 1. The number of carboxylic acid groups (broad SMARTS) is 1. The van der Waals surface area contributed by atoms with Crippen molar-refractivity contribution < 1.29 is 19.4 Å². The van der Waals surface area contributed by atoms with Crippen molar-refractivity contribution in [2.24, 2.45) is 0 Å². The number of fused-ring (bicyclic) bond motifs is 1. The second-order valence-corrected chi connectivity index (χ2v) is 5.79. The highest BCUT2D eigenvalue weighted by Crippen LogP contribution is 2.17. The van der Waals surface area contributed by atoms with Gasteiger partial charge in [0.15, 0.2) is 0 Å². The molecule has 1 amide bonds. The van der Waals surface area contributed by atoms with Crippen molar-refractivity contribution in [1.29, 1.82) is 0 Å². The Labute approximate surface area is 150 Å². The fourth-order valence-corrected chi connectivity index (χ4v) is 2.66. The van der Waals surface area contributed by atoms with Crippen molar-refractivity contribution in [3.8, 4) is 0 Å². The number of ether oxygens (including phenoxy) is 1. The van der Waals surface area contributed by atoms with Gasteiger partial charge in [-0.3, -0.25) is 4.98 Å². The average molecular weight is 350 g/mol. The van der Waals surface area contributed by atoms with Crippen molar-refractivity contribution in [1.82, 2.24) is 10.3 Å². The van der Waals surface area contributed by atoms with E-state index >= 15 is 0 Å². The van der Waals surface area contributed by atoms with Crippen LogP contribution in [0.3, 0.4) is 0 Å². The number of rotatable bonds is 6. The molecule has 3 aromatic rings. The fraction of sp³-hybridized carbons (Fsp3) is 0.150. The third-order valence-electron chi connectivity index (χ3n) is 3.94. The third kappa shape index (κ3) is 4.36. The second-order valence-electron chi connectivity index (χ2n) is 5.79. The zero-order valence-electron chi connectivity index (χ0n) is 14.0. The van der Waals surface area contributed by atoms with Crippen LogP contribution in [0.4, 0.5) is 4.79 Å². The van der Waals surface area contributed by atoms with Crippen LogP contribution in [0.1, 0.15) is 11.1 Å². The summed E-state index contributed by atoms with van der Waals surface area (Å²) in [5.74, 6) is -1.13. The van der Waals surface area contributed by atoms with Crippen LogP contribution < -0.4 is 5.32 Å². The van der Waals surface area contributed by atoms with Gasteiger partial charge in [0.2, 0.25) is 0 Å². The first-order valence-electron chi connectivity index (χ1n) is 8.16. The Morgan fingerprint density at radius 3 is 2.58 bits per heavy atom. The highest BCUT2D eigenvalue weighted by Gasteiger charge is 2.22. The van der Waals surface area contributed by atoms with Crippen molar-refractivity contribution >= 4 is 23.0 Å². The summed E-state index contributed by atoms with van der Waals surface area (Å²) in [7, 11) is 0. The third-order valence-corrected chi connectivity index (χ3v) is 3.94. The van der Waals surface area contributed by atoms with Gasteiger partial charge in [-0.1, -0.05) is 54.6 Å². The largest absolute Gasteiger partial charge is 0.480 e. The molecule has 0 fully saturated rings. The van der Waals surface area contributed by atoms with Crippen molar-refractivity contribution in [3.05, 3.63) is 78.0 Å². The summed E-state index contributed by atoms with van der Waals surface area (Å²) in [6, 6.07) is 17.4. The van der Waals surface area contributed by atoms with E-state index in [1.54, 1.807) is 6.20 Å². The van der Waals surface area contributed by atoms with Crippen LogP contribution in [0.15, 0.2) is 66.9 Å². The number of nitrogens with zero attached hydrogens (tertiary/aromatic N) is 1. The summed E-state index contributed by atoms with van der Waals surface area (Å²) in [6.45, 7) is 0.0782. The molecule has 2 N–H and O–H groups in total. The first kappa shape index (κ1) is 17.4. The number of carbonyl (C=O) groups excluding carboxylic acids is 1. The van der Waals surface area contributed by atoms with E-state index in [0.717, 1.165) is 22.0 Å². The quantitative estimate of drug-likeness (QED) is 0.713. The molecular weight excluding hydrogens is 332 g/mol. The molecule has 0 spiro atoms. The molecule has 0 unspecified atom stereocenters. The highest BCUT2D eigenvalue weighted by atomic mass is 16.5. The minimum Gasteiger partial charge on any atom is -0.480 e. The Morgan fingerprint density at radius 1 is 1.04 bits per heavy atom. The molecule has 132 valence electrons. The van der Waals surface area contributed by atoms with Gasteiger partial charge >= 0.3 is 12.1 Å². The van der Waals surface area contributed by atoms with Gasteiger partial charge in [0.1, 0.15) is 12.6 Å². The van der Waals surface area contributed by atoms with Gasteiger partial charge in [-0.15, -0.1) is 0 Å². The van der Waals surface area contributed by atoms with E-state index < -0.39 is 18.1 Å². The van der Waals surface area contributed by atoms with Crippen LogP contribution >= 0.6 is 0 Å². The normalized spacial score (nSPS) is 11.7. The number of pyridine rings is 1. The lowest BCUT2D eigenvalue weighted by Crippen LogP contribution is -2.42. The topological polar surface area (TPSA) is 88.5 Å². The van der Waals surface area contributed by atoms with Crippen LogP contribution in [-0.4, -0.2) is 28.2 Å². The fourth-order valence-electron chi connectivity index (χ4n) is 2.66. The Balaban J connectivity index is 1.67. The molecule has 0 aliphatic carbocycles. The molecule has 1 heterocycles. The summed E-state index contributed by atoms with van der Waals surface area (Å²) >= 11 is 0. The van der Waals surface area contributed by atoms with Crippen LogP contribution in [0.25, 0.3) is 10.9 Å². The van der Waals surface area contributed by atoms with Gasteiger partial charge in [-0.2, -0.15) is 0 Å². The summed E-state index contributed by atoms with van der Waals surface area (Å²) in [6.07, 6.45) is 1.00. The van der Waals surface area contributed by atoms with Gasteiger partial charge in [0, 0.05) is 18.0 Å². The second kappa shape index (κ2) is 8.11. The van der Waals surface area contributed by atoms with E-state index in [1.165, 1.54) is 0 Å². The zero-order chi connectivity index (χ0) is 18.4. The molecule has 0 aliphatic heterocycles. The predicted octanol–water partition coefficient (Wildman–Crippen LogP) is 3.16. The summed E-state index contributed by atoms with van der Waals surface area (Å²) in [5.41, 5.74) is 2.30. The van der Waals surface area contributed by atoms with Gasteiger partial charge in [-0.25, -0.2) is 9.59 Å². The zero-order valence-corrected chi connectivity index (χ0v) is 14.0. The van der Waals surface area contributed by atoms with E-state index in [-0.39, 0.29) is 13.0 Å². The maximum absolute atomic E-state index is 12.0.